The van der Waals surface area contributed by atoms with Crippen LogP contribution in [-0.2, 0) is 6.18 Å². The Morgan fingerprint density at radius 2 is 1.54 bits per heavy atom. The number of hydrogen-bond acceptors (Lipinski definition) is 4. The molecule has 0 radical (unpaired) electrons. The van der Waals surface area contributed by atoms with Gasteiger partial charge in [0.25, 0.3) is 5.91 Å². The van der Waals surface area contributed by atoms with E-state index in [1.807, 2.05) is 0 Å². The number of nitrogens with zero attached hydrogens (tertiary/aromatic N) is 2. The molecule has 0 aliphatic carbocycles. The highest BCUT2D eigenvalue weighted by atomic mass is 35.5. The summed E-state index contributed by atoms with van der Waals surface area (Å²) < 4.78 is 77.5. The fraction of sp³-hybridized carbons (Fsp3) is 0.0870. The maximum atomic E-state index is 13.0. The van der Waals surface area contributed by atoms with E-state index in [0.29, 0.717) is 6.08 Å². The minimum atomic E-state index is -4.81. The molecule has 3 N–H and O–H groups in total. The third-order valence-electron chi connectivity index (χ3n) is 4.44. The summed E-state index contributed by atoms with van der Waals surface area (Å²) in [6.45, 7) is 0. The van der Waals surface area contributed by atoms with Crippen molar-refractivity contribution in [3.8, 4) is 0 Å². The van der Waals surface area contributed by atoms with Gasteiger partial charge in [0.2, 0.25) is 0 Å². The Kier molecular flexibility index (Phi) is 7.49. The lowest BCUT2D eigenvalue weighted by Crippen LogP contribution is -2.21. The second-order valence-corrected chi connectivity index (χ2v) is 7.39. The quantitative estimate of drug-likeness (QED) is 0.301. The number of benzene rings is 2. The molecule has 1 amide bonds. The first-order chi connectivity index (χ1) is 16.3. The standard InChI is InChI=1S/C23H15ClF6N4O/c24-15-4-1-2-5-16(15)32-17(12-18(31)22(25,26)27)13-8-10-14(11-9-13)21(35)34-20-7-3-6-19(33-20)23(28,29)30/h1-12H,31H2,(H,33,34,35). The number of halogens is 7. The van der Waals surface area contributed by atoms with Crippen LogP contribution in [-0.4, -0.2) is 22.8 Å². The Labute approximate surface area is 200 Å². The van der Waals surface area contributed by atoms with Crippen molar-refractivity contribution < 1.29 is 31.1 Å². The summed E-state index contributed by atoms with van der Waals surface area (Å²) in [5.41, 5.74) is 2.77. The average molecular weight is 513 g/mol. The normalized spacial score (nSPS) is 13.0. The Bertz CT molecular complexity index is 1280. The minimum Gasteiger partial charge on any atom is -0.395 e. The van der Waals surface area contributed by atoms with E-state index in [4.69, 9.17) is 17.3 Å². The van der Waals surface area contributed by atoms with Crippen LogP contribution < -0.4 is 11.1 Å². The van der Waals surface area contributed by atoms with Gasteiger partial charge < -0.3 is 11.1 Å². The molecule has 0 fully saturated rings. The highest BCUT2D eigenvalue weighted by Gasteiger charge is 2.33. The predicted octanol–water partition coefficient (Wildman–Crippen LogP) is 6.53. The molecule has 0 saturated carbocycles. The second kappa shape index (κ2) is 10.2. The summed E-state index contributed by atoms with van der Waals surface area (Å²) in [5, 5.41) is 2.43. The molecule has 0 aliphatic rings. The summed E-state index contributed by atoms with van der Waals surface area (Å²) in [5.74, 6) is -1.10. The highest BCUT2D eigenvalue weighted by Crippen LogP contribution is 2.29. The van der Waals surface area contributed by atoms with Gasteiger partial charge in [0, 0.05) is 11.1 Å². The molecule has 0 unspecified atom stereocenters. The van der Waals surface area contributed by atoms with Crippen molar-refractivity contribution in [1.29, 1.82) is 0 Å². The molecule has 5 nitrogen and oxygen atoms in total. The van der Waals surface area contributed by atoms with E-state index >= 15 is 0 Å². The predicted molar refractivity (Wildman–Crippen MR) is 120 cm³/mol. The van der Waals surface area contributed by atoms with Gasteiger partial charge in [-0.15, -0.1) is 0 Å². The van der Waals surface area contributed by atoms with Crippen LogP contribution in [0.1, 0.15) is 21.6 Å². The summed E-state index contributed by atoms with van der Waals surface area (Å²) in [6.07, 6.45) is -8.87. The summed E-state index contributed by atoms with van der Waals surface area (Å²) in [4.78, 5) is 20.0. The van der Waals surface area contributed by atoms with Crippen LogP contribution in [0.4, 0.5) is 37.8 Å². The van der Waals surface area contributed by atoms with Crippen molar-refractivity contribution >= 4 is 34.7 Å². The van der Waals surface area contributed by atoms with Crippen LogP contribution in [0.25, 0.3) is 0 Å². The lowest BCUT2D eigenvalue weighted by Gasteiger charge is -2.10. The Balaban J connectivity index is 1.91. The lowest BCUT2D eigenvalue weighted by molar-refractivity contribution is -0.141. The number of hydrogen-bond donors (Lipinski definition) is 2. The SMILES string of the molecule is NC(=CC(=Nc1ccccc1Cl)c1ccc(C(=O)Nc2cccc(C(F)(F)F)n2)cc1)C(F)(F)F. The summed E-state index contributed by atoms with van der Waals surface area (Å²) >= 11 is 6.05. The average Bonchev–Trinajstić information content (AvgIpc) is 2.79. The second-order valence-electron chi connectivity index (χ2n) is 6.98. The Morgan fingerprint density at radius 3 is 2.14 bits per heavy atom. The van der Waals surface area contributed by atoms with Crippen molar-refractivity contribution in [2.45, 2.75) is 12.4 Å². The van der Waals surface area contributed by atoms with Gasteiger partial charge in [-0.05, 0) is 42.5 Å². The highest BCUT2D eigenvalue weighted by molar-refractivity contribution is 6.33. The maximum absolute atomic E-state index is 13.0. The van der Waals surface area contributed by atoms with Crippen molar-refractivity contribution in [1.82, 2.24) is 4.98 Å². The monoisotopic (exact) mass is 512 g/mol. The zero-order valence-electron chi connectivity index (χ0n) is 17.5. The fourth-order valence-corrected chi connectivity index (χ4v) is 2.90. The first-order valence-electron chi connectivity index (χ1n) is 9.68. The Hall–Kier alpha value is -3.86. The van der Waals surface area contributed by atoms with E-state index in [1.54, 1.807) is 12.1 Å². The summed E-state index contributed by atoms with van der Waals surface area (Å²) in [7, 11) is 0. The number of anilines is 1. The number of aliphatic imine (C=N–C) groups is 1. The van der Waals surface area contributed by atoms with Crippen LogP contribution in [0, 0.1) is 0 Å². The molecule has 35 heavy (non-hydrogen) atoms. The smallest absolute Gasteiger partial charge is 0.395 e. The van der Waals surface area contributed by atoms with Gasteiger partial charge in [-0.1, -0.05) is 41.9 Å². The number of nitrogens with one attached hydrogen (secondary N) is 1. The number of carbonyl (C=O) groups is 1. The number of pyridine rings is 1. The molecular weight excluding hydrogens is 498 g/mol. The Morgan fingerprint density at radius 1 is 0.914 bits per heavy atom. The van der Waals surface area contributed by atoms with Crippen LogP contribution in [0.2, 0.25) is 5.02 Å². The van der Waals surface area contributed by atoms with E-state index in [0.717, 1.165) is 12.1 Å². The minimum absolute atomic E-state index is 0.0119. The van der Waals surface area contributed by atoms with Gasteiger partial charge in [-0.3, -0.25) is 4.79 Å². The molecule has 3 rings (SSSR count). The molecule has 0 bridgehead atoms. The number of alkyl halides is 6. The first kappa shape index (κ1) is 25.8. The molecular formula is C23H15ClF6N4O. The fourth-order valence-electron chi connectivity index (χ4n) is 2.72. The molecule has 0 spiro atoms. The van der Waals surface area contributed by atoms with E-state index in [2.05, 4.69) is 15.3 Å². The van der Waals surface area contributed by atoms with Crippen LogP contribution in [0.3, 0.4) is 0 Å². The molecule has 182 valence electrons. The zero-order chi connectivity index (χ0) is 25.8. The third kappa shape index (κ3) is 6.82. The molecule has 0 aliphatic heterocycles. The van der Waals surface area contributed by atoms with E-state index < -0.39 is 29.7 Å². The van der Waals surface area contributed by atoms with Gasteiger partial charge >= 0.3 is 12.4 Å². The lowest BCUT2D eigenvalue weighted by atomic mass is 10.1. The molecule has 1 heterocycles. The van der Waals surface area contributed by atoms with Crippen LogP contribution >= 0.6 is 11.6 Å². The largest absolute Gasteiger partial charge is 0.433 e. The van der Waals surface area contributed by atoms with Gasteiger partial charge in [0.15, 0.2) is 0 Å². The van der Waals surface area contributed by atoms with Crippen molar-refractivity contribution in [2.24, 2.45) is 10.7 Å². The maximum Gasteiger partial charge on any atom is 0.433 e. The first-order valence-corrected chi connectivity index (χ1v) is 10.1. The number of rotatable bonds is 5. The van der Waals surface area contributed by atoms with Gasteiger partial charge in [-0.2, -0.15) is 26.3 Å². The number of para-hydroxylation sites is 1. The third-order valence-corrected chi connectivity index (χ3v) is 4.76. The van der Waals surface area contributed by atoms with Gasteiger partial charge in [0.1, 0.15) is 17.2 Å². The molecule has 12 heteroatoms. The molecule has 3 aromatic rings. The van der Waals surface area contributed by atoms with Gasteiger partial charge in [0.05, 0.1) is 16.4 Å². The van der Waals surface area contributed by atoms with Crippen LogP contribution in [0.5, 0.6) is 0 Å². The van der Waals surface area contributed by atoms with Crippen LogP contribution in [0.15, 0.2) is 83.5 Å². The molecule has 0 atom stereocenters. The van der Waals surface area contributed by atoms with Crippen molar-refractivity contribution in [2.75, 3.05) is 5.32 Å². The zero-order valence-corrected chi connectivity index (χ0v) is 18.2. The number of allylic oxidation sites excluding steroid dienone is 2. The van der Waals surface area contributed by atoms with E-state index in [9.17, 15) is 31.1 Å². The van der Waals surface area contributed by atoms with Crippen molar-refractivity contribution in [3.05, 3.63) is 100 Å². The summed E-state index contributed by atoms with van der Waals surface area (Å²) in [6, 6.07) is 14.4. The van der Waals surface area contributed by atoms with Gasteiger partial charge in [-0.25, -0.2) is 9.98 Å². The van der Waals surface area contributed by atoms with E-state index in [-0.39, 0.29) is 33.4 Å². The number of carbonyl (C=O) groups excluding carboxylic acids is 1. The molecule has 1 aromatic heterocycles. The molecule has 0 saturated heterocycles. The number of nitrogens with two attached hydrogens (primary N) is 1. The number of amides is 1. The topological polar surface area (TPSA) is 80.4 Å². The number of aromatic nitrogens is 1. The van der Waals surface area contributed by atoms with E-state index in [1.165, 1.54) is 42.5 Å². The van der Waals surface area contributed by atoms with Crippen molar-refractivity contribution in [3.63, 3.8) is 0 Å². The molecule has 2 aromatic carbocycles.